The minimum absolute atomic E-state index is 0. The van der Waals surface area contributed by atoms with Gasteiger partial charge in [0.2, 0.25) is 0 Å². The fourth-order valence-corrected chi connectivity index (χ4v) is 2.34. The van der Waals surface area contributed by atoms with Crippen molar-refractivity contribution in [3.63, 3.8) is 0 Å². The number of nitrogens with one attached hydrogen (secondary N) is 1. The summed E-state index contributed by atoms with van der Waals surface area (Å²) in [4.78, 5) is 0. The number of nitrogens with zero attached hydrogens (tertiary/aromatic N) is 1. The van der Waals surface area contributed by atoms with Crippen LogP contribution in [0.25, 0.3) is 0 Å². The topological polar surface area (TPSA) is 83.6 Å². The van der Waals surface area contributed by atoms with Gasteiger partial charge >= 0.3 is 66.9 Å². The van der Waals surface area contributed by atoms with Crippen LogP contribution < -0.4 is 4.13 Å². The van der Waals surface area contributed by atoms with Gasteiger partial charge in [-0.25, -0.2) is 8.42 Å². The van der Waals surface area contributed by atoms with Gasteiger partial charge in [-0.3, -0.25) is 0 Å². The Kier molecular flexibility index (Phi) is 7.10. The Bertz CT molecular complexity index is 399. The minimum atomic E-state index is -5.88. The molecule has 0 radical (unpaired) electrons. The van der Waals surface area contributed by atoms with E-state index in [1.165, 1.54) is 0 Å². The number of hydrogen-bond donors (Lipinski definition) is 1. The monoisotopic (exact) mass is 296 g/mol. The zero-order valence-electron chi connectivity index (χ0n) is 7.03. The van der Waals surface area contributed by atoms with Crippen LogP contribution in [-0.2, 0) is 20.2 Å². The van der Waals surface area contributed by atoms with Crippen LogP contribution in [0.2, 0.25) is 0 Å². The molecule has 0 spiro atoms. The summed E-state index contributed by atoms with van der Waals surface area (Å²) in [6.45, 7) is 0. The van der Waals surface area contributed by atoms with Gasteiger partial charge in [0.05, 0.1) is 0 Å². The van der Waals surface area contributed by atoms with Crippen molar-refractivity contribution in [1.82, 2.24) is 8.43 Å². The molecule has 0 aliphatic carbocycles. The Labute approximate surface area is 128 Å². The maximum atomic E-state index is 11.7. The summed E-state index contributed by atoms with van der Waals surface area (Å²) in [6.07, 6.45) is 0. The second-order valence-electron chi connectivity index (χ2n) is 2.32. The van der Waals surface area contributed by atoms with E-state index in [1.807, 2.05) is 0 Å². The van der Waals surface area contributed by atoms with Crippen LogP contribution in [0.3, 0.4) is 0 Å². The summed E-state index contributed by atoms with van der Waals surface area (Å²) < 4.78 is 78.0. The van der Waals surface area contributed by atoms with Crippen molar-refractivity contribution in [1.29, 1.82) is 0 Å². The van der Waals surface area contributed by atoms with Gasteiger partial charge in [-0.05, 0) is 0 Å². The number of alkyl halides is 3. The molecule has 0 amide bonds. The van der Waals surface area contributed by atoms with Gasteiger partial charge in [-0.15, -0.1) is 0 Å². The normalized spacial score (nSPS) is 13.7. The molecule has 0 aromatic rings. The molecule has 6 nitrogen and oxygen atoms in total. The first-order chi connectivity index (χ1) is 5.90. The summed E-state index contributed by atoms with van der Waals surface area (Å²) in [5.41, 5.74) is -5.66. The molecule has 0 saturated heterocycles. The third-order valence-electron chi connectivity index (χ3n) is 1.00. The second kappa shape index (κ2) is 5.73. The van der Waals surface area contributed by atoms with Gasteiger partial charge in [0.25, 0.3) is 10.2 Å². The average molecular weight is 296 g/mol. The van der Waals surface area contributed by atoms with Crippen molar-refractivity contribution >= 4 is 71.6 Å². The molecule has 0 bridgehead atoms. The van der Waals surface area contributed by atoms with Gasteiger partial charge in [-0.2, -0.15) is 25.9 Å². The van der Waals surface area contributed by atoms with Crippen LogP contribution in [0, 0.1) is 0 Å². The summed E-state index contributed by atoms with van der Waals surface area (Å²) in [6, 6.07) is 0. The van der Waals surface area contributed by atoms with Crippen LogP contribution >= 0.6 is 0 Å². The van der Waals surface area contributed by atoms with Gasteiger partial charge in [-0.1, -0.05) is 4.13 Å². The predicted octanol–water partition coefficient (Wildman–Crippen LogP) is -1.42. The summed E-state index contributed by atoms with van der Waals surface area (Å²) in [7, 11) is -8.78. The molecule has 0 aliphatic heterocycles. The molecular weight excluding hydrogens is 288 g/mol. The van der Waals surface area contributed by atoms with Crippen molar-refractivity contribution in [3.05, 3.63) is 0 Å². The van der Waals surface area contributed by atoms with Crippen LogP contribution in [0.5, 0.6) is 0 Å². The van der Waals surface area contributed by atoms with E-state index in [4.69, 9.17) is 0 Å². The molecule has 1 N–H and O–H groups in total. The Hall–Kier alpha value is 1.25. The molecule has 0 fully saturated rings. The van der Waals surface area contributed by atoms with Crippen LogP contribution in [0.1, 0.15) is 0 Å². The van der Waals surface area contributed by atoms with Gasteiger partial charge < -0.3 is 0 Å². The summed E-state index contributed by atoms with van der Waals surface area (Å²) >= 11 is 0. The van der Waals surface area contributed by atoms with Crippen molar-refractivity contribution in [2.24, 2.45) is 0 Å². The fourth-order valence-electron chi connectivity index (χ4n) is 0.260. The van der Waals surface area contributed by atoms with Crippen LogP contribution in [0.4, 0.5) is 13.2 Å². The maximum absolute atomic E-state index is 11.7. The third kappa shape index (κ3) is 5.41. The molecule has 0 atom stereocenters. The summed E-state index contributed by atoms with van der Waals surface area (Å²) in [5.74, 6) is 0. The van der Waals surface area contributed by atoms with E-state index in [-0.39, 0.29) is 51.4 Å². The molecular formula is C3H8F3KN2O4S2. The Morgan fingerprint density at radius 3 is 1.60 bits per heavy atom. The second-order valence-corrected chi connectivity index (χ2v) is 6.14. The first kappa shape index (κ1) is 18.6. The van der Waals surface area contributed by atoms with Gasteiger partial charge in [0.1, 0.15) is 0 Å². The fraction of sp³-hybridized carbons (Fsp3) is 1.00. The predicted molar refractivity (Wildman–Crippen MR) is 47.9 cm³/mol. The Balaban J connectivity index is 0. The first-order valence-corrected chi connectivity index (χ1v) is 5.85. The first-order valence-electron chi connectivity index (χ1n) is 2.92. The molecule has 0 aromatic carbocycles. The molecule has 12 heteroatoms. The quantitative estimate of drug-likeness (QED) is 0.648. The van der Waals surface area contributed by atoms with E-state index in [1.54, 1.807) is 0 Å². The number of sulfonamides is 1. The van der Waals surface area contributed by atoms with Crippen molar-refractivity contribution < 1.29 is 30.0 Å². The van der Waals surface area contributed by atoms with E-state index in [9.17, 15) is 30.0 Å². The van der Waals surface area contributed by atoms with E-state index in [0.717, 1.165) is 14.1 Å². The van der Waals surface area contributed by atoms with Crippen molar-refractivity contribution in [2.45, 2.75) is 5.51 Å². The zero-order chi connectivity index (χ0) is 11.8. The zero-order valence-corrected chi connectivity index (χ0v) is 8.66. The van der Waals surface area contributed by atoms with E-state index < -0.39 is 25.7 Å². The number of halogens is 3. The Morgan fingerprint density at radius 2 is 1.40 bits per heavy atom. The molecule has 15 heavy (non-hydrogen) atoms. The molecule has 88 valence electrons. The van der Waals surface area contributed by atoms with Crippen LogP contribution in [-0.4, -0.2) is 92.1 Å². The van der Waals surface area contributed by atoms with Crippen molar-refractivity contribution in [3.8, 4) is 0 Å². The number of hydrogen-bond acceptors (Lipinski definition) is 4. The van der Waals surface area contributed by atoms with E-state index >= 15 is 0 Å². The SMILES string of the molecule is CN(C)S(=O)(=O)NS(=O)(=O)C(F)(F)F.[KH]. The standard InChI is InChI=1S/C3H7F3N2O4S2.K.H/c1-8(2)14(11,12)7-13(9,10)3(4,5)6;;/h7H,1-2H3;;. The van der Waals surface area contributed by atoms with E-state index in [2.05, 4.69) is 0 Å². The van der Waals surface area contributed by atoms with Gasteiger partial charge in [0, 0.05) is 14.1 Å². The molecule has 0 heterocycles. The molecule has 0 rings (SSSR count). The molecule has 0 saturated carbocycles. The van der Waals surface area contributed by atoms with Crippen molar-refractivity contribution in [2.75, 3.05) is 14.1 Å². The summed E-state index contributed by atoms with van der Waals surface area (Å²) in [5, 5.41) is 0. The third-order valence-corrected chi connectivity index (χ3v) is 4.29. The molecule has 0 unspecified atom stereocenters. The number of rotatable bonds is 3. The van der Waals surface area contributed by atoms with E-state index in [0.29, 0.717) is 8.43 Å². The Morgan fingerprint density at radius 1 is 1.07 bits per heavy atom. The van der Waals surface area contributed by atoms with Crippen LogP contribution in [0.15, 0.2) is 0 Å². The van der Waals surface area contributed by atoms with Gasteiger partial charge in [0.15, 0.2) is 0 Å². The molecule has 0 aromatic heterocycles. The molecule has 0 aliphatic rings. The average Bonchev–Trinajstić information content (AvgIpc) is 1.80.